The van der Waals surface area contributed by atoms with Gasteiger partial charge in [-0.3, -0.25) is 4.79 Å². The summed E-state index contributed by atoms with van der Waals surface area (Å²) in [6.45, 7) is 4.90. The van der Waals surface area contributed by atoms with Crippen molar-refractivity contribution in [3.8, 4) is 0 Å². The molecular weight excluding hydrogens is 390 g/mol. The van der Waals surface area contributed by atoms with Crippen molar-refractivity contribution in [2.24, 2.45) is 4.99 Å². The van der Waals surface area contributed by atoms with E-state index in [1.54, 1.807) is 19.0 Å². The summed E-state index contributed by atoms with van der Waals surface area (Å²) in [6, 6.07) is 10.9. The standard InChI is InChI=1S/C24H35N5O2/c1-5-17(6-2)22-14-21(31-28-22)15-25-24(26-16-23(30)29(3)4)27-20-12-11-18-9-7-8-10-19(18)13-20/h7-10,14,17,20H,5-6,11-13,15-16H2,1-4H3,(H2,25,26,27). The second-order valence-electron chi connectivity index (χ2n) is 8.39. The molecule has 1 aliphatic rings. The average Bonchev–Trinajstić information content (AvgIpc) is 3.24. The topological polar surface area (TPSA) is 82.8 Å². The highest BCUT2D eigenvalue weighted by Gasteiger charge is 2.20. The molecule has 1 aromatic heterocycles. The number of carbonyl (C=O) groups excluding carboxylic acids is 1. The Bertz CT molecular complexity index is 886. The van der Waals surface area contributed by atoms with Gasteiger partial charge in [0.25, 0.3) is 0 Å². The van der Waals surface area contributed by atoms with Crippen LogP contribution in [0.1, 0.15) is 61.6 Å². The normalized spacial score (nSPS) is 16.2. The zero-order chi connectivity index (χ0) is 22.2. The van der Waals surface area contributed by atoms with Gasteiger partial charge in [0.2, 0.25) is 5.91 Å². The number of benzene rings is 1. The van der Waals surface area contributed by atoms with Crippen molar-refractivity contribution in [3.05, 3.63) is 52.9 Å². The van der Waals surface area contributed by atoms with Gasteiger partial charge in [0.1, 0.15) is 6.54 Å². The third-order valence-corrected chi connectivity index (χ3v) is 5.97. The first-order valence-electron chi connectivity index (χ1n) is 11.3. The molecule has 1 unspecified atom stereocenters. The fourth-order valence-electron chi connectivity index (χ4n) is 3.94. The van der Waals surface area contributed by atoms with Crippen LogP contribution in [0.5, 0.6) is 0 Å². The van der Waals surface area contributed by atoms with Crippen LogP contribution >= 0.6 is 0 Å². The van der Waals surface area contributed by atoms with Crippen LogP contribution in [0, 0.1) is 0 Å². The van der Waals surface area contributed by atoms with Crippen LogP contribution in [-0.2, 0) is 24.2 Å². The van der Waals surface area contributed by atoms with Gasteiger partial charge in [-0.05, 0) is 43.2 Å². The van der Waals surface area contributed by atoms with Crippen molar-refractivity contribution >= 4 is 11.9 Å². The molecule has 7 nitrogen and oxygen atoms in total. The number of guanidine groups is 1. The van der Waals surface area contributed by atoms with Gasteiger partial charge in [0.05, 0.1) is 12.2 Å². The fourth-order valence-corrected chi connectivity index (χ4v) is 3.94. The molecule has 0 aliphatic heterocycles. The molecule has 31 heavy (non-hydrogen) atoms. The molecule has 3 rings (SSSR count). The lowest BCUT2D eigenvalue weighted by Gasteiger charge is -2.27. The number of hydrogen-bond donors (Lipinski definition) is 2. The van der Waals surface area contributed by atoms with Crippen LogP contribution in [0.15, 0.2) is 39.8 Å². The number of fused-ring (bicyclic) bond motifs is 1. The summed E-state index contributed by atoms with van der Waals surface area (Å²) in [6.07, 6.45) is 5.10. The maximum atomic E-state index is 12.1. The van der Waals surface area contributed by atoms with Crippen molar-refractivity contribution in [1.29, 1.82) is 0 Å². The van der Waals surface area contributed by atoms with Crippen LogP contribution in [0.25, 0.3) is 0 Å². The molecule has 168 valence electrons. The Morgan fingerprint density at radius 3 is 2.71 bits per heavy atom. The number of rotatable bonds is 8. The average molecular weight is 426 g/mol. The van der Waals surface area contributed by atoms with Gasteiger partial charge >= 0.3 is 0 Å². The summed E-state index contributed by atoms with van der Waals surface area (Å²) >= 11 is 0. The number of amides is 1. The molecular formula is C24H35N5O2. The van der Waals surface area contributed by atoms with Gasteiger partial charge in [-0.15, -0.1) is 0 Å². The van der Waals surface area contributed by atoms with E-state index in [-0.39, 0.29) is 18.5 Å². The highest BCUT2D eigenvalue weighted by Crippen LogP contribution is 2.23. The van der Waals surface area contributed by atoms with Gasteiger partial charge in [0, 0.05) is 32.1 Å². The Labute approximate surface area is 185 Å². The second-order valence-corrected chi connectivity index (χ2v) is 8.39. The fraction of sp³-hybridized carbons (Fsp3) is 0.542. The minimum Gasteiger partial charge on any atom is -0.359 e. The second kappa shape index (κ2) is 11.0. The van der Waals surface area contributed by atoms with E-state index < -0.39 is 0 Å². The summed E-state index contributed by atoms with van der Waals surface area (Å²) in [5.74, 6) is 1.78. The summed E-state index contributed by atoms with van der Waals surface area (Å²) in [5.41, 5.74) is 3.80. The molecule has 0 saturated heterocycles. The lowest BCUT2D eigenvalue weighted by molar-refractivity contribution is -0.127. The molecule has 7 heteroatoms. The highest BCUT2D eigenvalue weighted by atomic mass is 16.5. The first-order chi connectivity index (χ1) is 15.0. The number of carbonyl (C=O) groups is 1. The number of likely N-dealkylation sites (N-methyl/N-ethyl adjacent to an activating group) is 1. The first-order valence-corrected chi connectivity index (χ1v) is 11.3. The summed E-state index contributed by atoms with van der Waals surface area (Å²) in [7, 11) is 3.48. The molecule has 1 aromatic carbocycles. The molecule has 0 radical (unpaired) electrons. The summed E-state index contributed by atoms with van der Waals surface area (Å²) in [4.78, 5) is 18.1. The number of hydrogen-bond acceptors (Lipinski definition) is 4. The predicted octanol–water partition coefficient (Wildman–Crippen LogP) is 3.26. The van der Waals surface area contributed by atoms with E-state index in [1.807, 2.05) is 6.07 Å². The molecule has 1 heterocycles. The predicted molar refractivity (Wildman–Crippen MR) is 123 cm³/mol. The van der Waals surface area contributed by atoms with Crippen molar-refractivity contribution in [3.63, 3.8) is 0 Å². The molecule has 1 atom stereocenters. The maximum Gasteiger partial charge on any atom is 0.243 e. The molecule has 2 aromatic rings. The minimum absolute atomic E-state index is 0.0363. The zero-order valence-electron chi connectivity index (χ0n) is 19.1. The van der Waals surface area contributed by atoms with Crippen molar-refractivity contribution in [2.75, 3.05) is 20.6 Å². The van der Waals surface area contributed by atoms with E-state index in [1.165, 1.54) is 11.1 Å². The maximum absolute atomic E-state index is 12.1. The minimum atomic E-state index is -0.0363. The number of nitrogens with zero attached hydrogens (tertiary/aromatic N) is 3. The van der Waals surface area contributed by atoms with Gasteiger partial charge in [-0.2, -0.15) is 0 Å². The van der Waals surface area contributed by atoms with E-state index in [2.05, 4.69) is 58.9 Å². The van der Waals surface area contributed by atoms with E-state index in [9.17, 15) is 4.79 Å². The number of nitrogens with one attached hydrogen (secondary N) is 2. The van der Waals surface area contributed by atoms with Crippen molar-refractivity contribution in [2.45, 2.75) is 64.5 Å². The lowest BCUT2D eigenvalue weighted by Crippen LogP contribution is -2.46. The molecule has 2 N–H and O–H groups in total. The first kappa shape index (κ1) is 22.8. The van der Waals surface area contributed by atoms with E-state index in [4.69, 9.17) is 4.52 Å². The summed E-state index contributed by atoms with van der Waals surface area (Å²) < 4.78 is 5.53. The van der Waals surface area contributed by atoms with Gasteiger partial charge in [-0.25, -0.2) is 4.99 Å². The molecule has 0 saturated carbocycles. The highest BCUT2D eigenvalue weighted by molar-refractivity contribution is 5.85. The molecule has 1 amide bonds. The van der Waals surface area contributed by atoms with E-state index >= 15 is 0 Å². The molecule has 0 spiro atoms. The monoisotopic (exact) mass is 425 g/mol. The van der Waals surface area contributed by atoms with Crippen LogP contribution in [0.2, 0.25) is 0 Å². The Hall–Kier alpha value is -2.83. The van der Waals surface area contributed by atoms with E-state index in [0.717, 1.165) is 43.6 Å². The van der Waals surface area contributed by atoms with Crippen LogP contribution in [0.4, 0.5) is 0 Å². The Morgan fingerprint density at radius 2 is 2.00 bits per heavy atom. The van der Waals surface area contributed by atoms with E-state index in [0.29, 0.717) is 18.4 Å². The number of aliphatic imine (C=N–C) groups is 1. The van der Waals surface area contributed by atoms with Gasteiger partial charge < -0.3 is 20.1 Å². The molecule has 1 aliphatic carbocycles. The summed E-state index contributed by atoms with van der Waals surface area (Å²) in [5, 5.41) is 11.1. The SMILES string of the molecule is CCC(CC)c1cc(CNC(=NCC(=O)N(C)C)NC2CCc3ccccc3C2)on1. The van der Waals surface area contributed by atoms with Gasteiger partial charge in [-0.1, -0.05) is 43.3 Å². The van der Waals surface area contributed by atoms with Gasteiger partial charge in [0.15, 0.2) is 11.7 Å². The third-order valence-electron chi connectivity index (χ3n) is 5.97. The Kier molecular flexibility index (Phi) is 8.09. The quantitative estimate of drug-likeness (QED) is 0.501. The van der Waals surface area contributed by atoms with Crippen molar-refractivity contribution in [1.82, 2.24) is 20.7 Å². The zero-order valence-corrected chi connectivity index (χ0v) is 19.1. The van der Waals surface area contributed by atoms with Crippen molar-refractivity contribution < 1.29 is 9.32 Å². The molecule has 0 bridgehead atoms. The Morgan fingerprint density at radius 1 is 1.26 bits per heavy atom. The third kappa shape index (κ3) is 6.32. The van der Waals surface area contributed by atoms with Crippen LogP contribution in [-0.4, -0.2) is 48.6 Å². The largest absolute Gasteiger partial charge is 0.359 e. The smallest absolute Gasteiger partial charge is 0.243 e. The van der Waals surface area contributed by atoms with Crippen LogP contribution < -0.4 is 10.6 Å². The van der Waals surface area contributed by atoms with Crippen LogP contribution in [0.3, 0.4) is 0 Å². The molecule has 0 fully saturated rings. The number of aromatic nitrogens is 1. The number of aryl methyl sites for hydroxylation is 1. The Balaban J connectivity index is 1.65. The lowest BCUT2D eigenvalue weighted by atomic mass is 9.88.